The van der Waals surface area contributed by atoms with Crippen LogP contribution in [0, 0.1) is 11.6 Å². The summed E-state index contributed by atoms with van der Waals surface area (Å²) in [4.78, 5) is 14.0. The number of sulfonamides is 1. The first kappa shape index (κ1) is 23.3. The molecule has 0 spiro atoms. The van der Waals surface area contributed by atoms with Gasteiger partial charge in [0.25, 0.3) is 0 Å². The number of morpholine rings is 1. The Kier molecular flexibility index (Phi) is 8.08. The average Bonchev–Trinajstić information content (AvgIpc) is 2.75. The largest absolute Gasteiger partial charge is 0.379 e. The van der Waals surface area contributed by atoms with Gasteiger partial charge < -0.3 is 10.1 Å². The number of amides is 1. The van der Waals surface area contributed by atoms with Gasteiger partial charge in [0.05, 0.1) is 18.1 Å². The first-order valence-corrected chi connectivity index (χ1v) is 11.4. The van der Waals surface area contributed by atoms with Crippen LogP contribution < -0.4 is 10.0 Å². The summed E-state index contributed by atoms with van der Waals surface area (Å²) in [7, 11) is -4.04. The monoisotopic (exact) mass is 453 g/mol. The molecule has 1 fully saturated rings. The molecule has 7 nitrogen and oxygen atoms in total. The van der Waals surface area contributed by atoms with E-state index in [1.54, 1.807) is 0 Å². The molecule has 3 rings (SSSR count). The predicted molar refractivity (Wildman–Crippen MR) is 111 cm³/mol. The standard InChI is InChI=1S/C21H25F2N3O4S/c22-19-6-5-18(13-20(19)23)31(28,29)25-8-7-21(27)24-14-16-3-1-2-4-17(16)15-26-9-11-30-12-10-26/h1-6,13,25H,7-12,14-15H2,(H,24,27). The summed E-state index contributed by atoms with van der Waals surface area (Å²) < 4.78 is 58.1. The SMILES string of the molecule is O=C(CCNS(=O)(=O)c1ccc(F)c(F)c1)NCc1ccccc1CN1CCOCC1. The molecule has 2 aromatic carbocycles. The molecule has 2 aromatic rings. The zero-order valence-electron chi connectivity index (χ0n) is 16.9. The third-order valence-electron chi connectivity index (χ3n) is 4.94. The van der Waals surface area contributed by atoms with Crippen LogP contribution in [0.4, 0.5) is 8.78 Å². The Morgan fingerprint density at radius 2 is 1.74 bits per heavy atom. The molecule has 168 valence electrons. The second-order valence-corrected chi connectivity index (χ2v) is 8.92. The molecule has 2 N–H and O–H groups in total. The molecule has 0 aliphatic carbocycles. The second-order valence-electron chi connectivity index (χ2n) is 7.16. The van der Waals surface area contributed by atoms with Crippen LogP contribution in [-0.2, 0) is 32.6 Å². The molecule has 1 heterocycles. The molecule has 1 aliphatic heterocycles. The van der Waals surface area contributed by atoms with Crippen molar-refractivity contribution in [3.05, 3.63) is 65.2 Å². The number of nitrogens with one attached hydrogen (secondary N) is 2. The van der Waals surface area contributed by atoms with E-state index in [0.29, 0.717) is 25.8 Å². The van der Waals surface area contributed by atoms with Crippen molar-refractivity contribution in [2.45, 2.75) is 24.4 Å². The second kappa shape index (κ2) is 10.8. The topological polar surface area (TPSA) is 87.7 Å². The number of hydrogen-bond donors (Lipinski definition) is 2. The van der Waals surface area contributed by atoms with Gasteiger partial charge in [-0.25, -0.2) is 21.9 Å². The molecule has 0 bridgehead atoms. The summed E-state index contributed by atoms with van der Waals surface area (Å²) in [6, 6.07) is 10.1. The fourth-order valence-corrected chi connectivity index (χ4v) is 4.24. The van der Waals surface area contributed by atoms with E-state index in [1.165, 1.54) is 0 Å². The normalized spacial score (nSPS) is 15.0. The summed E-state index contributed by atoms with van der Waals surface area (Å²) in [5.74, 6) is -2.71. The van der Waals surface area contributed by atoms with Crippen molar-refractivity contribution in [1.82, 2.24) is 14.9 Å². The quantitative estimate of drug-likeness (QED) is 0.605. The highest BCUT2D eigenvalue weighted by Gasteiger charge is 2.17. The Balaban J connectivity index is 1.47. The molecule has 0 aromatic heterocycles. The van der Waals surface area contributed by atoms with Gasteiger partial charge in [-0.2, -0.15) is 0 Å². The Morgan fingerprint density at radius 3 is 2.45 bits per heavy atom. The zero-order valence-corrected chi connectivity index (χ0v) is 17.8. The highest BCUT2D eigenvalue weighted by Crippen LogP contribution is 2.14. The van der Waals surface area contributed by atoms with Gasteiger partial charge in [0, 0.05) is 39.1 Å². The third kappa shape index (κ3) is 6.79. The van der Waals surface area contributed by atoms with E-state index < -0.39 is 26.6 Å². The van der Waals surface area contributed by atoms with Crippen molar-refractivity contribution in [1.29, 1.82) is 0 Å². The number of carbonyl (C=O) groups excluding carboxylic acids is 1. The van der Waals surface area contributed by atoms with Gasteiger partial charge in [-0.1, -0.05) is 24.3 Å². The van der Waals surface area contributed by atoms with Crippen LogP contribution in [0.1, 0.15) is 17.5 Å². The van der Waals surface area contributed by atoms with Gasteiger partial charge >= 0.3 is 0 Å². The van der Waals surface area contributed by atoms with Crippen LogP contribution in [0.5, 0.6) is 0 Å². The molecule has 1 amide bonds. The van der Waals surface area contributed by atoms with E-state index in [1.807, 2.05) is 24.3 Å². The fraction of sp³-hybridized carbons (Fsp3) is 0.381. The van der Waals surface area contributed by atoms with Crippen molar-refractivity contribution in [3.63, 3.8) is 0 Å². The van der Waals surface area contributed by atoms with Crippen LogP contribution >= 0.6 is 0 Å². The lowest BCUT2D eigenvalue weighted by Crippen LogP contribution is -2.36. The maximum absolute atomic E-state index is 13.3. The van der Waals surface area contributed by atoms with Crippen LogP contribution in [-0.4, -0.2) is 52.1 Å². The van der Waals surface area contributed by atoms with E-state index in [-0.39, 0.29) is 18.9 Å². The summed E-state index contributed by atoms with van der Waals surface area (Å²) in [5, 5.41) is 2.79. The van der Waals surface area contributed by atoms with Crippen molar-refractivity contribution in [2.24, 2.45) is 0 Å². The van der Waals surface area contributed by atoms with E-state index >= 15 is 0 Å². The lowest BCUT2D eigenvalue weighted by atomic mass is 10.1. The molecule has 1 aliphatic rings. The van der Waals surface area contributed by atoms with Gasteiger partial charge in [0.15, 0.2) is 11.6 Å². The van der Waals surface area contributed by atoms with Crippen LogP contribution in [0.25, 0.3) is 0 Å². The van der Waals surface area contributed by atoms with Crippen molar-refractivity contribution >= 4 is 15.9 Å². The molecule has 0 radical (unpaired) electrons. The maximum Gasteiger partial charge on any atom is 0.240 e. The summed E-state index contributed by atoms with van der Waals surface area (Å²) in [6.07, 6.45) is -0.0888. The molecular weight excluding hydrogens is 428 g/mol. The van der Waals surface area contributed by atoms with Crippen molar-refractivity contribution in [2.75, 3.05) is 32.8 Å². The minimum atomic E-state index is -4.04. The summed E-state index contributed by atoms with van der Waals surface area (Å²) >= 11 is 0. The minimum absolute atomic E-state index is 0.0888. The number of halogens is 2. The lowest BCUT2D eigenvalue weighted by molar-refractivity contribution is -0.121. The number of benzene rings is 2. The first-order valence-electron chi connectivity index (χ1n) is 9.93. The Hall–Kier alpha value is -2.40. The van der Waals surface area contributed by atoms with Gasteiger partial charge in [0.2, 0.25) is 15.9 Å². The number of ether oxygens (including phenoxy) is 1. The molecule has 0 unspecified atom stereocenters. The molecule has 31 heavy (non-hydrogen) atoms. The van der Waals surface area contributed by atoms with Gasteiger partial charge in [-0.15, -0.1) is 0 Å². The first-order chi connectivity index (χ1) is 14.8. The van der Waals surface area contributed by atoms with Crippen LogP contribution in [0.2, 0.25) is 0 Å². The zero-order chi connectivity index (χ0) is 22.3. The smallest absolute Gasteiger partial charge is 0.240 e. The molecule has 0 saturated carbocycles. The fourth-order valence-electron chi connectivity index (χ4n) is 3.19. The maximum atomic E-state index is 13.3. The van der Waals surface area contributed by atoms with Gasteiger partial charge in [-0.3, -0.25) is 9.69 Å². The summed E-state index contributed by atoms with van der Waals surface area (Å²) in [6.45, 7) is 4.07. The predicted octanol–water partition coefficient (Wildman–Crippen LogP) is 1.78. The minimum Gasteiger partial charge on any atom is -0.379 e. The van der Waals surface area contributed by atoms with E-state index in [0.717, 1.165) is 42.9 Å². The highest BCUT2D eigenvalue weighted by atomic mass is 32.2. The molecule has 0 atom stereocenters. The van der Waals surface area contributed by atoms with Gasteiger partial charge in [-0.05, 0) is 29.3 Å². The molecular formula is C21H25F2N3O4S. The average molecular weight is 454 g/mol. The Bertz CT molecular complexity index is 1010. The molecule has 1 saturated heterocycles. The number of nitrogens with zero attached hydrogens (tertiary/aromatic N) is 1. The lowest BCUT2D eigenvalue weighted by Gasteiger charge is -2.27. The molecule has 10 heteroatoms. The van der Waals surface area contributed by atoms with Gasteiger partial charge in [0.1, 0.15) is 0 Å². The van der Waals surface area contributed by atoms with Crippen LogP contribution in [0.3, 0.4) is 0 Å². The number of rotatable bonds is 9. The van der Waals surface area contributed by atoms with Crippen molar-refractivity contribution in [3.8, 4) is 0 Å². The van der Waals surface area contributed by atoms with E-state index in [4.69, 9.17) is 4.74 Å². The van der Waals surface area contributed by atoms with Crippen molar-refractivity contribution < 1.29 is 26.7 Å². The van der Waals surface area contributed by atoms with E-state index in [9.17, 15) is 22.0 Å². The van der Waals surface area contributed by atoms with Crippen LogP contribution in [0.15, 0.2) is 47.4 Å². The Morgan fingerprint density at radius 1 is 1.03 bits per heavy atom. The third-order valence-corrected chi connectivity index (χ3v) is 6.40. The number of carbonyl (C=O) groups is 1. The van der Waals surface area contributed by atoms with E-state index in [2.05, 4.69) is 14.9 Å². The highest BCUT2D eigenvalue weighted by molar-refractivity contribution is 7.89. The Labute approximate surface area is 180 Å². The number of hydrogen-bond acceptors (Lipinski definition) is 5. The summed E-state index contributed by atoms with van der Waals surface area (Å²) in [5.41, 5.74) is 2.11.